The summed E-state index contributed by atoms with van der Waals surface area (Å²) in [5, 5.41) is 13.4. The molecule has 1 N–H and O–H groups in total. The van der Waals surface area contributed by atoms with E-state index in [0.29, 0.717) is 29.2 Å². The standard InChI is InChI=1S/C30H23N3O2/c1-21-14-16-24(17-15-21)30(34)32-29-26(19-31)27(22-9-4-2-5-10-22)28(23-11-6-3-7-12-23)33(29)20-25-13-8-18-35-25/h2-18H,20H2,1H3,(H,32,34). The van der Waals surface area contributed by atoms with E-state index in [1.807, 2.05) is 96.4 Å². The largest absolute Gasteiger partial charge is 0.467 e. The topological polar surface area (TPSA) is 71.0 Å². The molecule has 0 bridgehead atoms. The van der Waals surface area contributed by atoms with Gasteiger partial charge in [-0.25, -0.2) is 0 Å². The van der Waals surface area contributed by atoms with E-state index in [0.717, 1.165) is 27.9 Å². The van der Waals surface area contributed by atoms with Crippen molar-refractivity contribution in [3.05, 3.63) is 126 Å². The van der Waals surface area contributed by atoms with Gasteiger partial charge in [0.15, 0.2) is 0 Å². The van der Waals surface area contributed by atoms with Gasteiger partial charge in [-0.15, -0.1) is 0 Å². The number of amides is 1. The lowest BCUT2D eigenvalue weighted by molar-refractivity contribution is 0.102. The zero-order chi connectivity index (χ0) is 24.2. The van der Waals surface area contributed by atoms with Gasteiger partial charge < -0.3 is 14.3 Å². The molecule has 170 valence electrons. The zero-order valence-corrected chi connectivity index (χ0v) is 19.2. The van der Waals surface area contributed by atoms with Crippen LogP contribution in [0.15, 0.2) is 108 Å². The highest BCUT2D eigenvalue weighted by Gasteiger charge is 2.27. The highest BCUT2D eigenvalue weighted by atomic mass is 16.3. The maximum atomic E-state index is 13.3. The minimum atomic E-state index is -0.279. The number of aromatic nitrogens is 1. The van der Waals surface area contributed by atoms with Crippen LogP contribution in [0.5, 0.6) is 0 Å². The summed E-state index contributed by atoms with van der Waals surface area (Å²) in [4.78, 5) is 13.3. The third-order valence-corrected chi connectivity index (χ3v) is 5.92. The number of carbonyl (C=O) groups excluding carboxylic acids is 1. The summed E-state index contributed by atoms with van der Waals surface area (Å²) >= 11 is 0. The Hall–Kier alpha value is -4.82. The maximum absolute atomic E-state index is 13.3. The quantitative estimate of drug-likeness (QED) is 0.302. The molecule has 0 aliphatic rings. The van der Waals surface area contributed by atoms with Gasteiger partial charge >= 0.3 is 0 Å². The number of nitriles is 1. The fourth-order valence-corrected chi connectivity index (χ4v) is 4.24. The minimum absolute atomic E-state index is 0.279. The molecule has 5 heteroatoms. The van der Waals surface area contributed by atoms with E-state index in [4.69, 9.17) is 4.42 Å². The van der Waals surface area contributed by atoms with Crippen LogP contribution in [0.3, 0.4) is 0 Å². The molecule has 0 aliphatic heterocycles. The predicted molar refractivity (Wildman–Crippen MR) is 137 cm³/mol. The Balaban J connectivity index is 1.76. The van der Waals surface area contributed by atoms with Crippen molar-refractivity contribution >= 4 is 11.7 Å². The van der Waals surface area contributed by atoms with Gasteiger partial charge in [-0.1, -0.05) is 78.4 Å². The van der Waals surface area contributed by atoms with E-state index in [1.165, 1.54) is 0 Å². The Labute approximate surface area is 203 Å². The fraction of sp³-hybridized carbons (Fsp3) is 0.0667. The number of carbonyl (C=O) groups is 1. The molecule has 5 nitrogen and oxygen atoms in total. The summed E-state index contributed by atoms with van der Waals surface area (Å²) in [6.07, 6.45) is 1.62. The number of nitrogens with zero attached hydrogens (tertiary/aromatic N) is 2. The molecule has 0 atom stereocenters. The van der Waals surface area contributed by atoms with E-state index in [2.05, 4.69) is 11.4 Å². The van der Waals surface area contributed by atoms with Crippen molar-refractivity contribution in [3.8, 4) is 28.5 Å². The molecule has 0 fully saturated rings. The van der Waals surface area contributed by atoms with Crippen LogP contribution in [0.4, 0.5) is 5.82 Å². The predicted octanol–water partition coefficient (Wildman–Crippen LogP) is 6.90. The van der Waals surface area contributed by atoms with Gasteiger partial charge in [-0.3, -0.25) is 4.79 Å². The van der Waals surface area contributed by atoms with Crippen LogP contribution >= 0.6 is 0 Å². The normalized spacial score (nSPS) is 10.6. The molecule has 2 aromatic heterocycles. The van der Waals surface area contributed by atoms with Crippen LogP contribution in [0, 0.1) is 18.3 Å². The van der Waals surface area contributed by atoms with E-state index in [9.17, 15) is 10.1 Å². The van der Waals surface area contributed by atoms with E-state index in [1.54, 1.807) is 18.4 Å². The maximum Gasteiger partial charge on any atom is 0.256 e. The molecule has 0 saturated heterocycles. The average Bonchev–Trinajstić information content (AvgIpc) is 3.52. The van der Waals surface area contributed by atoms with Crippen LogP contribution < -0.4 is 5.32 Å². The number of hydrogen-bond acceptors (Lipinski definition) is 3. The minimum Gasteiger partial charge on any atom is -0.467 e. The average molecular weight is 458 g/mol. The Morgan fingerprint density at radius 3 is 2.14 bits per heavy atom. The molecular weight excluding hydrogens is 434 g/mol. The second-order valence-corrected chi connectivity index (χ2v) is 8.28. The van der Waals surface area contributed by atoms with E-state index in [-0.39, 0.29) is 5.91 Å². The lowest BCUT2D eigenvalue weighted by Gasteiger charge is -2.14. The Morgan fingerprint density at radius 2 is 1.54 bits per heavy atom. The highest BCUT2D eigenvalue weighted by molar-refractivity contribution is 6.06. The van der Waals surface area contributed by atoms with Crippen molar-refractivity contribution in [1.82, 2.24) is 4.57 Å². The third kappa shape index (κ3) is 4.38. The van der Waals surface area contributed by atoms with Crippen LogP contribution in [0.1, 0.15) is 27.2 Å². The fourth-order valence-electron chi connectivity index (χ4n) is 4.24. The molecule has 0 aliphatic carbocycles. The van der Waals surface area contributed by atoms with Crippen molar-refractivity contribution in [2.75, 3.05) is 5.32 Å². The molecule has 0 unspecified atom stereocenters. The van der Waals surface area contributed by atoms with Crippen LogP contribution in [-0.4, -0.2) is 10.5 Å². The molecule has 35 heavy (non-hydrogen) atoms. The van der Waals surface area contributed by atoms with Gasteiger partial charge in [0.05, 0.1) is 18.5 Å². The van der Waals surface area contributed by atoms with E-state index >= 15 is 0 Å². The molecule has 1 amide bonds. The Bertz CT molecular complexity index is 1490. The second kappa shape index (κ2) is 9.58. The van der Waals surface area contributed by atoms with E-state index < -0.39 is 0 Å². The molecule has 0 saturated carbocycles. The lowest BCUT2D eigenvalue weighted by Crippen LogP contribution is -2.16. The molecule has 5 rings (SSSR count). The third-order valence-electron chi connectivity index (χ3n) is 5.92. The summed E-state index contributed by atoms with van der Waals surface area (Å²) in [6.45, 7) is 2.32. The van der Waals surface area contributed by atoms with Crippen molar-refractivity contribution in [2.24, 2.45) is 0 Å². The number of benzene rings is 3. The monoisotopic (exact) mass is 457 g/mol. The first-order valence-corrected chi connectivity index (χ1v) is 11.3. The van der Waals surface area contributed by atoms with Gasteiger partial charge in [0.1, 0.15) is 23.2 Å². The number of furan rings is 1. The van der Waals surface area contributed by atoms with Gasteiger partial charge in [0.2, 0.25) is 0 Å². The highest BCUT2D eigenvalue weighted by Crippen LogP contribution is 2.42. The summed E-state index contributed by atoms with van der Waals surface area (Å²) < 4.78 is 7.62. The zero-order valence-electron chi connectivity index (χ0n) is 19.2. The summed E-state index contributed by atoms with van der Waals surface area (Å²) in [7, 11) is 0. The van der Waals surface area contributed by atoms with Gasteiger partial charge in [0, 0.05) is 11.1 Å². The van der Waals surface area contributed by atoms with Gasteiger partial charge in [-0.2, -0.15) is 5.26 Å². The number of nitrogens with one attached hydrogen (secondary N) is 1. The molecule has 0 spiro atoms. The van der Waals surface area contributed by atoms with Crippen molar-refractivity contribution in [3.63, 3.8) is 0 Å². The first-order chi connectivity index (χ1) is 17.2. The summed E-state index contributed by atoms with van der Waals surface area (Å²) in [5.74, 6) is 0.873. The first kappa shape index (κ1) is 22.0. The number of rotatable bonds is 6. The smallest absolute Gasteiger partial charge is 0.256 e. The van der Waals surface area contributed by atoms with Crippen LogP contribution in [0.25, 0.3) is 22.4 Å². The van der Waals surface area contributed by atoms with Gasteiger partial charge in [-0.05, 0) is 42.3 Å². The van der Waals surface area contributed by atoms with Crippen LogP contribution in [-0.2, 0) is 6.54 Å². The SMILES string of the molecule is Cc1ccc(C(=O)Nc2c(C#N)c(-c3ccccc3)c(-c3ccccc3)n2Cc2ccco2)cc1. The molecule has 3 aromatic carbocycles. The van der Waals surface area contributed by atoms with Gasteiger partial charge in [0.25, 0.3) is 5.91 Å². The lowest BCUT2D eigenvalue weighted by atomic mass is 9.98. The van der Waals surface area contributed by atoms with Crippen molar-refractivity contribution in [1.29, 1.82) is 5.26 Å². The molecule has 5 aromatic rings. The number of aryl methyl sites for hydroxylation is 1. The van der Waals surface area contributed by atoms with Crippen molar-refractivity contribution < 1.29 is 9.21 Å². The number of anilines is 1. The molecule has 2 heterocycles. The Morgan fingerprint density at radius 1 is 0.886 bits per heavy atom. The molecular formula is C30H23N3O2. The van der Waals surface area contributed by atoms with Crippen molar-refractivity contribution in [2.45, 2.75) is 13.5 Å². The Kier molecular flexibility index (Phi) is 6.02. The first-order valence-electron chi connectivity index (χ1n) is 11.3. The molecule has 0 radical (unpaired) electrons. The van der Waals surface area contributed by atoms with Crippen LogP contribution in [0.2, 0.25) is 0 Å². The summed E-state index contributed by atoms with van der Waals surface area (Å²) in [5.41, 5.74) is 5.43. The number of hydrogen-bond donors (Lipinski definition) is 1. The summed E-state index contributed by atoms with van der Waals surface area (Å²) in [6, 6.07) is 33.1. The second-order valence-electron chi connectivity index (χ2n) is 8.28.